The van der Waals surface area contributed by atoms with Gasteiger partial charge in [0.25, 0.3) is 11.8 Å². The standard InChI is InChI=1S/C17H17N3O5S/c1-20(2)26(23,24)12-6-3-5-11(9-12)17(22)19-14-8-4-7-13-16(14)25-10-15(21)18-13/h3-9H,10H2,1-2H3,(H,18,21)(H,19,22). The summed E-state index contributed by atoms with van der Waals surface area (Å²) in [5, 5.41) is 5.34. The number of carbonyl (C=O) groups is 2. The van der Waals surface area contributed by atoms with Crippen LogP contribution in [0.1, 0.15) is 10.4 Å². The van der Waals surface area contributed by atoms with E-state index >= 15 is 0 Å². The highest BCUT2D eigenvalue weighted by molar-refractivity contribution is 7.89. The number of nitrogens with zero attached hydrogens (tertiary/aromatic N) is 1. The molecule has 0 radical (unpaired) electrons. The summed E-state index contributed by atoms with van der Waals surface area (Å²) in [6.07, 6.45) is 0. The molecule has 136 valence electrons. The lowest BCUT2D eigenvalue weighted by Gasteiger charge is -2.20. The van der Waals surface area contributed by atoms with Crippen LogP contribution in [-0.2, 0) is 14.8 Å². The molecule has 26 heavy (non-hydrogen) atoms. The molecule has 2 amide bonds. The Morgan fingerprint density at radius 3 is 2.65 bits per heavy atom. The highest BCUT2D eigenvalue weighted by Crippen LogP contribution is 2.35. The van der Waals surface area contributed by atoms with Crippen molar-refractivity contribution < 1.29 is 22.7 Å². The fourth-order valence-electron chi connectivity index (χ4n) is 2.42. The van der Waals surface area contributed by atoms with E-state index in [-0.39, 0.29) is 23.0 Å². The monoisotopic (exact) mass is 375 g/mol. The largest absolute Gasteiger partial charge is 0.479 e. The lowest BCUT2D eigenvalue weighted by atomic mass is 10.2. The lowest BCUT2D eigenvalue weighted by Crippen LogP contribution is -2.26. The molecule has 0 fully saturated rings. The van der Waals surface area contributed by atoms with Crippen molar-refractivity contribution in [3.63, 3.8) is 0 Å². The quantitative estimate of drug-likeness (QED) is 0.843. The lowest BCUT2D eigenvalue weighted by molar-refractivity contribution is -0.118. The predicted molar refractivity (Wildman–Crippen MR) is 95.8 cm³/mol. The zero-order valence-corrected chi connectivity index (χ0v) is 15.0. The average molecular weight is 375 g/mol. The van der Waals surface area contributed by atoms with E-state index in [9.17, 15) is 18.0 Å². The van der Waals surface area contributed by atoms with Crippen molar-refractivity contribution in [2.75, 3.05) is 31.3 Å². The minimum atomic E-state index is -3.65. The van der Waals surface area contributed by atoms with E-state index in [0.717, 1.165) is 4.31 Å². The Morgan fingerprint density at radius 2 is 1.92 bits per heavy atom. The highest BCUT2D eigenvalue weighted by Gasteiger charge is 2.22. The SMILES string of the molecule is CN(C)S(=O)(=O)c1cccc(C(=O)Nc2cccc3c2OCC(=O)N3)c1. The van der Waals surface area contributed by atoms with Gasteiger partial charge in [0.1, 0.15) is 0 Å². The molecule has 0 atom stereocenters. The van der Waals surface area contributed by atoms with Crippen LogP contribution in [0.25, 0.3) is 0 Å². The van der Waals surface area contributed by atoms with Gasteiger partial charge < -0.3 is 15.4 Å². The van der Waals surface area contributed by atoms with Crippen molar-refractivity contribution in [1.82, 2.24) is 4.31 Å². The van der Waals surface area contributed by atoms with Crippen LogP contribution in [0.4, 0.5) is 11.4 Å². The molecule has 1 aliphatic rings. The van der Waals surface area contributed by atoms with Crippen LogP contribution >= 0.6 is 0 Å². The first kappa shape index (κ1) is 17.9. The first-order valence-corrected chi connectivity index (χ1v) is 9.12. The minimum absolute atomic E-state index is 0.0220. The fraction of sp³-hybridized carbons (Fsp3) is 0.176. The molecule has 0 saturated heterocycles. The topological polar surface area (TPSA) is 105 Å². The van der Waals surface area contributed by atoms with Gasteiger partial charge in [-0.25, -0.2) is 12.7 Å². The molecule has 0 bridgehead atoms. The van der Waals surface area contributed by atoms with Crippen LogP contribution in [0.5, 0.6) is 5.75 Å². The molecule has 3 rings (SSSR count). The number of para-hydroxylation sites is 1. The van der Waals surface area contributed by atoms with E-state index in [0.29, 0.717) is 17.1 Å². The van der Waals surface area contributed by atoms with Crippen molar-refractivity contribution in [3.05, 3.63) is 48.0 Å². The van der Waals surface area contributed by atoms with Crippen LogP contribution in [0.3, 0.4) is 0 Å². The second-order valence-corrected chi connectivity index (χ2v) is 7.94. The molecule has 0 aromatic heterocycles. The third kappa shape index (κ3) is 3.39. The van der Waals surface area contributed by atoms with Crippen LogP contribution in [0.2, 0.25) is 0 Å². The van der Waals surface area contributed by atoms with Crippen LogP contribution < -0.4 is 15.4 Å². The minimum Gasteiger partial charge on any atom is -0.479 e. The number of hydrogen-bond donors (Lipinski definition) is 2. The molecule has 0 aliphatic carbocycles. The Morgan fingerprint density at radius 1 is 1.19 bits per heavy atom. The van der Waals surface area contributed by atoms with E-state index in [2.05, 4.69) is 10.6 Å². The van der Waals surface area contributed by atoms with Gasteiger partial charge >= 0.3 is 0 Å². The number of benzene rings is 2. The first-order valence-electron chi connectivity index (χ1n) is 7.68. The summed E-state index contributed by atoms with van der Waals surface area (Å²) < 4.78 is 30.9. The Balaban J connectivity index is 1.88. The van der Waals surface area contributed by atoms with Gasteiger partial charge in [-0.15, -0.1) is 0 Å². The Kier molecular flexibility index (Phi) is 4.66. The third-order valence-electron chi connectivity index (χ3n) is 3.76. The summed E-state index contributed by atoms with van der Waals surface area (Å²) in [5.41, 5.74) is 1.03. The number of rotatable bonds is 4. The van der Waals surface area contributed by atoms with E-state index in [4.69, 9.17) is 4.74 Å². The summed E-state index contributed by atoms with van der Waals surface area (Å²) >= 11 is 0. The summed E-state index contributed by atoms with van der Waals surface area (Å²) in [4.78, 5) is 24.0. The molecule has 9 heteroatoms. The van der Waals surface area contributed by atoms with Crippen LogP contribution in [-0.4, -0.2) is 45.2 Å². The average Bonchev–Trinajstić information content (AvgIpc) is 2.61. The summed E-state index contributed by atoms with van der Waals surface area (Å²) in [6, 6.07) is 10.7. The number of amides is 2. The van der Waals surface area contributed by atoms with Gasteiger partial charge in [0.2, 0.25) is 10.0 Å². The zero-order valence-electron chi connectivity index (χ0n) is 14.1. The van der Waals surface area contributed by atoms with Crippen molar-refractivity contribution in [3.8, 4) is 5.75 Å². The predicted octanol–water partition coefficient (Wildman–Crippen LogP) is 1.52. The van der Waals surface area contributed by atoms with E-state index in [1.54, 1.807) is 18.2 Å². The second-order valence-electron chi connectivity index (χ2n) is 5.79. The molecule has 1 heterocycles. The molecule has 0 saturated carbocycles. The number of fused-ring (bicyclic) bond motifs is 1. The zero-order chi connectivity index (χ0) is 18.9. The number of sulfonamides is 1. The van der Waals surface area contributed by atoms with E-state index in [1.165, 1.54) is 38.4 Å². The molecular weight excluding hydrogens is 358 g/mol. The van der Waals surface area contributed by atoms with Gasteiger partial charge in [0.05, 0.1) is 16.3 Å². The molecule has 1 aliphatic heterocycles. The number of anilines is 2. The second kappa shape index (κ2) is 6.77. The molecular formula is C17H17N3O5S. The highest BCUT2D eigenvalue weighted by atomic mass is 32.2. The van der Waals surface area contributed by atoms with Crippen molar-refractivity contribution in [2.24, 2.45) is 0 Å². The summed E-state index contributed by atoms with van der Waals surface area (Å²) in [7, 11) is -0.804. The molecule has 2 aromatic rings. The maximum Gasteiger partial charge on any atom is 0.262 e. The molecule has 0 unspecified atom stereocenters. The van der Waals surface area contributed by atoms with Crippen LogP contribution in [0.15, 0.2) is 47.4 Å². The summed E-state index contributed by atoms with van der Waals surface area (Å²) in [5.74, 6) is -0.408. The molecule has 0 spiro atoms. The number of carbonyl (C=O) groups excluding carboxylic acids is 2. The van der Waals surface area contributed by atoms with E-state index < -0.39 is 15.9 Å². The number of ether oxygens (including phenoxy) is 1. The van der Waals surface area contributed by atoms with Crippen molar-refractivity contribution in [1.29, 1.82) is 0 Å². The Bertz CT molecular complexity index is 986. The maximum absolute atomic E-state index is 12.6. The molecule has 8 nitrogen and oxygen atoms in total. The van der Waals surface area contributed by atoms with Crippen molar-refractivity contribution in [2.45, 2.75) is 4.90 Å². The van der Waals surface area contributed by atoms with Gasteiger partial charge in [-0.05, 0) is 30.3 Å². The van der Waals surface area contributed by atoms with Crippen LogP contribution in [0, 0.1) is 0 Å². The molecule has 2 N–H and O–H groups in total. The van der Waals surface area contributed by atoms with Gasteiger partial charge in [0, 0.05) is 19.7 Å². The first-order chi connectivity index (χ1) is 12.3. The van der Waals surface area contributed by atoms with E-state index in [1.807, 2.05) is 0 Å². The Hall–Kier alpha value is -2.91. The Labute approximate surface area is 150 Å². The normalized spacial score (nSPS) is 13.6. The maximum atomic E-state index is 12.6. The smallest absolute Gasteiger partial charge is 0.262 e. The molecule has 2 aromatic carbocycles. The summed E-state index contributed by atoms with van der Waals surface area (Å²) in [6.45, 7) is -0.142. The number of nitrogens with one attached hydrogen (secondary N) is 2. The number of hydrogen-bond acceptors (Lipinski definition) is 5. The fourth-order valence-corrected chi connectivity index (χ4v) is 3.36. The van der Waals surface area contributed by atoms with Gasteiger partial charge in [-0.1, -0.05) is 12.1 Å². The van der Waals surface area contributed by atoms with Gasteiger partial charge in [0.15, 0.2) is 12.4 Å². The van der Waals surface area contributed by atoms with Gasteiger partial charge in [-0.3, -0.25) is 9.59 Å². The van der Waals surface area contributed by atoms with Gasteiger partial charge in [-0.2, -0.15) is 0 Å². The van der Waals surface area contributed by atoms with Crippen molar-refractivity contribution >= 4 is 33.2 Å². The third-order valence-corrected chi connectivity index (χ3v) is 5.57.